The van der Waals surface area contributed by atoms with Crippen LogP contribution in [0.2, 0.25) is 0 Å². The standard InChI is InChI=1S/C27H27N3O2S/c1-3-4-10-25(31)30-15-13-21(14-16-30)27-29-24(18-33-27)26(32)28-23-12-11-19(2)17-22(23)20-8-6-5-7-9-20/h1,5-9,11-12,17-18,21H,4,10,13-16H2,2H3,(H,28,32). The molecular weight excluding hydrogens is 430 g/mol. The summed E-state index contributed by atoms with van der Waals surface area (Å²) in [5, 5.41) is 5.83. The molecule has 0 unspecified atom stereocenters. The van der Waals surface area contributed by atoms with Crippen LogP contribution in [-0.4, -0.2) is 34.8 Å². The van der Waals surface area contributed by atoms with E-state index in [0.29, 0.717) is 31.6 Å². The third kappa shape index (κ3) is 5.50. The van der Waals surface area contributed by atoms with Gasteiger partial charge < -0.3 is 10.2 Å². The van der Waals surface area contributed by atoms with E-state index >= 15 is 0 Å². The Labute approximate surface area is 198 Å². The van der Waals surface area contributed by atoms with Gasteiger partial charge in [0.05, 0.1) is 5.01 Å². The Bertz CT molecular complexity index is 1170. The summed E-state index contributed by atoms with van der Waals surface area (Å²) in [7, 11) is 0. The second-order valence-electron chi connectivity index (χ2n) is 8.30. The van der Waals surface area contributed by atoms with Crippen molar-refractivity contribution in [2.45, 2.75) is 38.5 Å². The van der Waals surface area contributed by atoms with Crippen LogP contribution in [0.5, 0.6) is 0 Å². The highest BCUT2D eigenvalue weighted by Crippen LogP contribution is 2.32. The summed E-state index contributed by atoms with van der Waals surface area (Å²) in [5.41, 5.74) is 4.37. The Morgan fingerprint density at radius 2 is 1.94 bits per heavy atom. The van der Waals surface area contributed by atoms with E-state index < -0.39 is 0 Å². The van der Waals surface area contributed by atoms with Crippen molar-refractivity contribution in [1.29, 1.82) is 0 Å². The van der Waals surface area contributed by atoms with Gasteiger partial charge in [-0.25, -0.2) is 4.98 Å². The lowest BCUT2D eigenvalue weighted by molar-refractivity contribution is -0.132. The summed E-state index contributed by atoms with van der Waals surface area (Å²) in [6, 6.07) is 16.0. The third-order valence-corrected chi connectivity index (χ3v) is 6.95. The molecule has 0 spiro atoms. The average Bonchev–Trinajstić information content (AvgIpc) is 3.35. The minimum absolute atomic E-state index is 0.123. The topological polar surface area (TPSA) is 62.3 Å². The summed E-state index contributed by atoms with van der Waals surface area (Å²) in [4.78, 5) is 31.7. The predicted molar refractivity (Wildman–Crippen MR) is 133 cm³/mol. The number of amides is 2. The van der Waals surface area contributed by atoms with Crippen LogP contribution < -0.4 is 5.32 Å². The summed E-state index contributed by atoms with van der Waals surface area (Å²) < 4.78 is 0. The lowest BCUT2D eigenvalue weighted by atomic mass is 9.97. The summed E-state index contributed by atoms with van der Waals surface area (Å²) in [6.07, 6.45) is 7.86. The van der Waals surface area contributed by atoms with Crippen molar-refractivity contribution in [3.8, 4) is 23.5 Å². The second-order valence-corrected chi connectivity index (χ2v) is 9.19. The smallest absolute Gasteiger partial charge is 0.275 e. The van der Waals surface area contributed by atoms with E-state index in [0.717, 1.165) is 40.2 Å². The van der Waals surface area contributed by atoms with Gasteiger partial charge in [-0.1, -0.05) is 42.0 Å². The number of carbonyl (C=O) groups is 2. The van der Waals surface area contributed by atoms with Crippen LogP contribution in [0.1, 0.15) is 52.7 Å². The molecule has 3 aromatic rings. The number of hydrogen-bond acceptors (Lipinski definition) is 4. The predicted octanol–water partition coefficient (Wildman–Crippen LogP) is 5.49. The maximum atomic E-state index is 13.0. The van der Waals surface area contributed by atoms with E-state index in [1.54, 1.807) is 0 Å². The number of terminal acetylenes is 1. The molecule has 1 aliphatic heterocycles. The zero-order valence-electron chi connectivity index (χ0n) is 18.7. The van der Waals surface area contributed by atoms with Gasteiger partial charge in [-0.15, -0.1) is 23.7 Å². The number of hydrogen-bond donors (Lipinski definition) is 1. The molecule has 2 aromatic carbocycles. The minimum Gasteiger partial charge on any atom is -0.343 e. The van der Waals surface area contributed by atoms with Gasteiger partial charge in [-0.2, -0.15) is 0 Å². The van der Waals surface area contributed by atoms with Gasteiger partial charge in [0.25, 0.3) is 5.91 Å². The number of nitrogens with zero attached hydrogens (tertiary/aromatic N) is 2. The molecule has 1 aliphatic rings. The molecule has 5 nitrogen and oxygen atoms in total. The van der Waals surface area contributed by atoms with Crippen molar-refractivity contribution >= 4 is 28.8 Å². The summed E-state index contributed by atoms with van der Waals surface area (Å²) in [6.45, 7) is 3.46. The van der Waals surface area contributed by atoms with Crippen LogP contribution in [0.25, 0.3) is 11.1 Å². The fraction of sp³-hybridized carbons (Fsp3) is 0.296. The maximum Gasteiger partial charge on any atom is 0.275 e. The first-order chi connectivity index (χ1) is 16.0. The van der Waals surface area contributed by atoms with Crippen LogP contribution in [0.15, 0.2) is 53.9 Å². The maximum absolute atomic E-state index is 13.0. The number of aryl methyl sites for hydroxylation is 1. The molecule has 0 saturated carbocycles. The number of piperidine rings is 1. The molecule has 0 radical (unpaired) electrons. The van der Waals surface area contributed by atoms with Crippen LogP contribution >= 0.6 is 11.3 Å². The fourth-order valence-electron chi connectivity index (χ4n) is 4.10. The first-order valence-corrected chi connectivity index (χ1v) is 12.1. The monoisotopic (exact) mass is 457 g/mol. The van der Waals surface area contributed by atoms with Crippen molar-refractivity contribution in [3.63, 3.8) is 0 Å². The van der Waals surface area contributed by atoms with Crippen molar-refractivity contribution in [3.05, 3.63) is 70.2 Å². The highest BCUT2D eigenvalue weighted by atomic mass is 32.1. The van der Waals surface area contributed by atoms with Crippen LogP contribution in [0, 0.1) is 19.3 Å². The second kappa shape index (κ2) is 10.5. The lowest BCUT2D eigenvalue weighted by Crippen LogP contribution is -2.37. The highest BCUT2D eigenvalue weighted by molar-refractivity contribution is 7.10. The Morgan fingerprint density at radius 1 is 1.18 bits per heavy atom. The summed E-state index contributed by atoms with van der Waals surface area (Å²) in [5.74, 6) is 2.71. The van der Waals surface area contributed by atoms with E-state index in [2.05, 4.69) is 22.3 Å². The summed E-state index contributed by atoms with van der Waals surface area (Å²) >= 11 is 1.52. The first kappa shape index (κ1) is 22.8. The molecule has 1 aromatic heterocycles. The Kier molecular flexibility index (Phi) is 7.21. The largest absolute Gasteiger partial charge is 0.343 e. The quantitative estimate of drug-likeness (QED) is 0.498. The third-order valence-electron chi connectivity index (χ3n) is 5.94. The average molecular weight is 458 g/mol. The van der Waals surface area contributed by atoms with Crippen LogP contribution in [0.3, 0.4) is 0 Å². The molecule has 0 aliphatic carbocycles. The number of anilines is 1. The molecule has 1 saturated heterocycles. The van der Waals surface area contributed by atoms with Gasteiger partial charge in [-0.3, -0.25) is 9.59 Å². The Morgan fingerprint density at radius 3 is 2.67 bits per heavy atom. The lowest BCUT2D eigenvalue weighted by Gasteiger charge is -2.31. The molecule has 4 rings (SSSR count). The number of benzene rings is 2. The number of rotatable bonds is 6. The highest BCUT2D eigenvalue weighted by Gasteiger charge is 2.26. The Balaban J connectivity index is 1.42. The zero-order valence-corrected chi connectivity index (χ0v) is 19.5. The van der Waals surface area contributed by atoms with Crippen LogP contribution in [0.4, 0.5) is 5.69 Å². The number of thiazole rings is 1. The number of likely N-dealkylation sites (tertiary alicyclic amines) is 1. The fourth-order valence-corrected chi connectivity index (χ4v) is 5.07. The normalized spacial score (nSPS) is 14.0. The molecule has 0 atom stereocenters. The van der Waals surface area contributed by atoms with Crippen LogP contribution in [-0.2, 0) is 4.79 Å². The van der Waals surface area contributed by atoms with Gasteiger partial charge in [0, 0.05) is 48.5 Å². The van der Waals surface area contributed by atoms with Gasteiger partial charge in [0.2, 0.25) is 5.91 Å². The first-order valence-electron chi connectivity index (χ1n) is 11.2. The minimum atomic E-state index is -0.208. The van der Waals surface area contributed by atoms with Gasteiger partial charge in [-0.05, 0) is 37.5 Å². The van der Waals surface area contributed by atoms with E-state index in [-0.39, 0.29) is 17.7 Å². The van der Waals surface area contributed by atoms with Gasteiger partial charge >= 0.3 is 0 Å². The van der Waals surface area contributed by atoms with E-state index in [4.69, 9.17) is 6.42 Å². The van der Waals surface area contributed by atoms with Gasteiger partial charge in [0.1, 0.15) is 5.69 Å². The molecule has 168 valence electrons. The van der Waals surface area contributed by atoms with Crippen molar-refractivity contribution in [1.82, 2.24) is 9.88 Å². The van der Waals surface area contributed by atoms with E-state index in [1.807, 2.05) is 59.7 Å². The van der Waals surface area contributed by atoms with E-state index in [9.17, 15) is 9.59 Å². The molecule has 33 heavy (non-hydrogen) atoms. The molecule has 1 N–H and O–H groups in total. The number of aromatic nitrogens is 1. The van der Waals surface area contributed by atoms with Crippen molar-refractivity contribution < 1.29 is 9.59 Å². The van der Waals surface area contributed by atoms with E-state index in [1.165, 1.54) is 11.3 Å². The molecular formula is C27H27N3O2S. The van der Waals surface area contributed by atoms with Crippen molar-refractivity contribution in [2.75, 3.05) is 18.4 Å². The number of nitrogens with one attached hydrogen (secondary N) is 1. The van der Waals surface area contributed by atoms with Crippen molar-refractivity contribution in [2.24, 2.45) is 0 Å². The molecule has 0 bridgehead atoms. The Hall–Kier alpha value is -3.43. The van der Waals surface area contributed by atoms with Gasteiger partial charge in [0.15, 0.2) is 0 Å². The SMILES string of the molecule is C#CCCC(=O)N1CCC(c2nc(C(=O)Nc3ccc(C)cc3-c3ccccc3)cs2)CC1. The molecule has 2 heterocycles. The zero-order chi connectivity index (χ0) is 23.2. The molecule has 1 fully saturated rings. The number of carbonyl (C=O) groups excluding carboxylic acids is 2. The molecule has 2 amide bonds. The molecule has 6 heteroatoms.